The van der Waals surface area contributed by atoms with Gasteiger partial charge in [0.15, 0.2) is 5.13 Å². The van der Waals surface area contributed by atoms with Crippen LogP contribution in [0.15, 0.2) is 53.0 Å². The van der Waals surface area contributed by atoms with Crippen molar-refractivity contribution in [2.45, 2.75) is 30.9 Å². The van der Waals surface area contributed by atoms with Crippen LogP contribution in [0, 0.1) is 0 Å². The summed E-state index contributed by atoms with van der Waals surface area (Å²) in [7, 11) is 0. The Kier molecular flexibility index (Phi) is 6.51. The Balaban J connectivity index is 1.91. The maximum Gasteiger partial charge on any atom is 0.439 e. The van der Waals surface area contributed by atoms with Gasteiger partial charge in [0.25, 0.3) is 0 Å². The highest BCUT2D eigenvalue weighted by Gasteiger charge is 2.73. The van der Waals surface area contributed by atoms with Gasteiger partial charge in [-0.25, -0.2) is 4.98 Å². The van der Waals surface area contributed by atoms with Crippen molar-refractivity contribution in [1.29, 1.82) is 0 Å². The third-order valence-electron chi connectivity index (χ3n) is 4.31. The molecule has 1 heterocycles. The Bertz CT molecular complexity index is 1050. The van der Waals surface area contributed by atoms with E-state index in [-0.39, 0.29) is 11.9 Å². The third-order valence-corrected chi connectivity index (χ3v) is 5.73. The summed E-state index contributed by atoms with van der Waals surface area (Å²) < 4.78 is 83.6. The van der Waals surface area contributed by atoms with Gasteiger partial charge in [-0.15, -0.1) is 0 Å². The lowest BCUT2D eigenvalue weighted by Gasteiger charge is -2.38. The number of nitrogens with zero attached hydrogens (tertiary/aromatic N) is 1. The van der Waals surface area contributed by atoms with Crippen LogP contribution in [0.2, 0.25) is 0 Å². The second-order valence-electron chi connectivity index (χ2n) is 6.54. The van der Waals surface area contributed by atoms with E-state index in [2.05, 4.69) is 20.9 Å². The molecule has 0 aliphatic heterocycles. The lowest BCUT2D eigenvalue weighted by molar-refractivity contribution is -0.295. The van der Waals surface area contributed by atoms with Gasteiger partial charge in [0.2, 0.25) is 5.91 Å². The quantitative estimate of drug-likeness (QED) is 0.304. The van der Waals surface area contributed by atoms with Gasteiger partial charge in [-0.1, -0.05) is 57.6 Å². The van der Waals surface area contributed by atoms with Crippen molar-refractivity contribution in [2.75, 3.05) is 5.32 Å². The molecule has 0 saturated heterocycles. The Hall–Kier alpha value is -2.34. The average Bonchev–Trinajstić information content (AvgIpc) is 3.06. The van der Waals surface area contributed by atoms with Gasteiger partial charge < -0.3 is 10.6 Å². The number of hydrogen-bond donors (Lipinski definition) is 2. The van der Waals surface area contributed by atoms with E-state index in [1.54, 1.807) is 36.4 Å². The molecule has 0 saturated carbocycles. The molecular formula is C19H14BrF6N3OS. The first-order valence-electron chi connectivity index (χ1n) is 8.74. The number of fused-ring (bicyclic) bond motifs is 1. The van der Waals surface area contributed by atoms with Gasteiger partial charge >= 0.3 is 18.0 Å². The molecule has 12 heteroatoms. The van der Waals surface area contributed by atoms with Gasteiger partial charge in [0, 0.05) is 10.9 Å². The first-order valence-corrected chi connectivity index (χ1v) is 10.3. The minimum Gasteiger partial charge on any atom is -0.324 e. The fraction of sp³-hybridized carbons (Fsp3) is 0.263. The molecule has 3 aromatic rings. The monoisotopic (exact) mass is 525 g/mol. The molecule has 0 atom stereocenters. The number of benzene rings is 2. The fourth-order valence-corrected chi connectivity index (χ4v) is 4.24. The van der Waals surface area contributed by atoms with E-state index < -0.39 is 35.5 Å². The number of halogens is 7. The van der Waals surface area contributed by atoms with Crippen molar-refractivity contribution in [1.82, 2.24) is 10.3 Å². The number of thiazole rings is 1. The number of hydrogen-bond acceptors (Lipinski definition) is 4. The van der Waals surface area contributed by atoms with E-state index in [9.17, 15) is 31.1 Å². The summed E-state index contributed by atoms with van der Waals surface area (Å²) in [6, 6.07) is 12.7. The van der Waals surface area contributed by atoms with Crippen LogP contribution < -0.4 is 10.6 Å². The van der Waals surface area contributed by atoms with Crippen molar-refractivity contribution >= 4 is 48.5 Å². The lowest BCUT2D eigenvalue weighted by Crippen LogP contribution is -2.72. The predicted octanol–water partition coefficient (Wildman–Crippen LogP) is 6.04. The van der Waals surface area contributed by atoms with Gasteiger partial charge in [0.1, 0.15) is 0 Å². The number of carbonyl (C=O) groups excluding carboxylic acids is 1. The maximum absolute atomic E-state index is 13.8. The molecule has 0 radical (unpaired) electrons. The van der Waals surface area contributed by atoms with Crippen LogP contribution in [-0.4, -0.2) is 28.9 Å². The Labute approximate surface area is 184 Å². The zero-order valence-electron chi connectivity index (χ0n) is 15.4. The third kappa shape index (κ3) is 5.12. The molecule has 1 aromatic heterocycles. The molecule has 0 fully saturated rings. The van der Waals surface area contributed by atoms with Crippen molar-refractivity contribution < 1.29 is 31.1 Å². The molecular weight excluding hydrogens is 512 g/mol. The SMILES string of the molecule is O=C(CCc1ccccc1)NC(Nc1nc2ccc(Br)cc2s1)(C(F)(F)F)C(F)(F)F. The van der Waals surface area contributed by atoms with Crippen molar-refractivity contribution in [3.05, 3.63) is 58.6 Å². The van der Waals surface area contributed by atoms with Crippen LogP contribution in [0.25, 0.3) is 10.2 Å². The molecule has 0 aliphatic rings. The normalized spacial score (nSPS) is 12.7. The first-order chi connectivity index (χ1) is 14.4. The molecule has 2 aromatic carbocycles. The van der Waals surface area contributed by atoms with E-state index in [4.69, 9.17) is 0 Å². The number of alkyl halides is 6. The van der Waals surface area contributed by atoms with Crippen molar-refractivity contribution in [3.63, 3.8) is 0 Å². The highest BCUT2D eigenvalue weighted by atomic mass is 79.9. The second kappa shape index (κ2) is 8.65. The van der Waals surface area contributed by atoms with Crippen LogP contribution >= 0.6 is 27.3 Å². The summed E-state index contributed by atoms with van der Waals surface area (Å²) in [5, 5.41) is 1.93. The lowest BCUT2D eigenvalue weighted by atomic mass is 10.1. The van der Waals surface area contributed by atoms with E-state index in [1.165, 1.54) is 17.4 Å². The molecule has 4 nitrogen and oxygen atoms in total. The number of aryl methyl sites for hydroxylation is 1. The van der Waals surface area contributed by atoms with Crippen LogP contribution in [-0.2, 0) is 11.2 Å². The van der Waals surface area contributed by atoms with E-state index >= 15 is 0 Å². The van der Waals surface area contributed by atoms with Crippen LogP contribution in [0.1, 0.15) is 12.0 Å². The molecule has 31 heavy (non-hydrogen) atoms. The molecule has 0 bridgehead atoms. The van der Waals surface area contributed by atoms with Gasteiger partial charge in [-0.3, -0.25) is 4.79 Å². The number of nitrogens with one attached hydrogen (secondary N) is 2. The summed E-state index contributed by atoms with van der Waals surface area (Å²) in [4.78, 5) is 16.0. The summed E-state index contributed by atoms with van der Waals surface area (Å²) >= 11 is 3.78. The Morgan fingerprint density at radius 1 is 1.00 bits per heavy atom. The highest BCUT2D eigenvalue weighted by molar-refractivity contribution is 9.10. The zero-order valence-corrected chi connectivity index (χ0v) is 17.8. The minimum absolute atomic E-state index is 0.0202. The molecule has 2 N–H and O–H groups in total. The molecule has 0 unspecified atom stereocenters. The number of amides is 1. The average molecular weight is 526 g/mol. The Morgan fingerprint density at radius 2 is 1.65 bits per heavy atom. The van der Waals surface area contributed by atoms with Gasteiger partial charge in [0.05, 0.1) is 10.2 Å². The van der Waals surface area contributed by atoms with Crippen LogP contribution in [0.4, 0.5) is 31.5 Å². The summed E-state index contributed by atoms with van der Waals surface area (Å²) in [6.45, 7) is 0. The van der Waals surface area contributed by atoms with Crippen molar-refractivity contribution in [2.24, 2.45) is 0 Å². The number of carbonyl (C=O) groups is 1. The largest absolute Gasteiger partial charge is 0.439 e. The summed E-state index contributed by atoms with van der Waals surface area (Å²) in [5.74, 6) is -1.41. The van der Waals surface area contributed by atoms with Gasteiger partial charge in [-0.2, -0.15) is 26.3 Å². The van der Waals surface area contributed by atoms with Crippen LogP contribution in [0.3, 0.4) is 0 Å². The minimum atomic E-state index is -5.90. The number of anilines is 1. The molecule has 1 amide bonds. The number of aromatic nitrogens is 1. The van der Waals surface area contributed by atoms with E-state index in [0.29, 0.717) is 26.1 Å². The topological polar surface area (TPSA) is 54.0 Å². The molecule has 3 rings (SSSR count). The van der Waals surface area contributed by atoms with E-state index in [1.807, 2.05) is 0 Å². The zero-order chi connectivity index (χ0) is 22.9. The number of rotatable bonds is 6. The van der Waals surface area contributed by atoms with Crippen molar-refractivity contribution in [3.8, 4) is 0 Å². The summed E-state index contributed by atoms with van der Waals surface area (Å²) in [6.07, 6.45) is -12.4. The second-order valence-corrected chi connectivity index (χ2v) is 8.48. The Morgan fingerprint density at radius 3 is 2.26 bits per heavy atom. The highest BCUT2D eigenvalue weighted by Crippen LogP contribution is 2.44. The van der Waals surface area contributed by atoms with E-state index in [0.717, 1.165) is 5.32 Å². The molecule has 0 spiro atoms. The van der Waals surface area contributed by atoms with Crippen LogP contribution in [0.5, 0.6) is 0 Å². The smallest absolute Gasteiger partial charge is 0.324 e. The molecule has 0 aliphatic carbocycles. The summed E-state index contributed by atoms with van der Waals surface area (Å²) in [5.41, 5.74) is -3.88. The standard InChI is InChI=1S/C19H14BrF6N3OS/c20-12-7-8-13-14(10-12)31-16(27-13)29-17(18(21,22)23,19(24,25)26)28-15(30)9-6-11-4-2-1-3-5-11/h1-5,7-8,10H,6,9H2,(H,27,29)(H,28,30). The predicted molar refractivity (Wildman–Crippen MR) is 109 cm³/mol. The van der Waals surface area contributed by atoms with Gasteiger partial charge in [-0.05, 0) is 30.2 Å². The first kappa shape index (κ1) is 23.3. The maximum atomic E-state index is 13.8. The molecule has 166 valence electrons. The fourth-order valence-electron chi connectivity index (χ4n) is 2.76.